The van der Waals surface area contributed by atoms with E-state index >= 15 is 0 Å². The van der Waals surface area contributed by atoms with E-state index in [9.17, 15) is 14.4 Å². The van der Waals surface area contributed by atoms with Gasteiger partial charge in [0.2, 0.25) is 5.91 Å². The predicted molar refractivity (Wildman–Crippen MR) is 53.2 cm³/mol. The molecule has 0 bridgehead atoms. The van der Waals surface area contributed by atoms with Gasteiger partial charge >= 0.3 is 11.9 Å². The molecule has 1 rings (SSSR count). The highest BCUT2D eigenvalue weighted by Gasteiger charge is 2.35. The molecule has 1 unspecified atom stereocenters. The normalized spacial score (nSPS) is 21.1. The number of hydrogen-bond acceptors (Lipinski definition) is 4. The maximum Gasteiger partial charge on any atom is 0.332 e. The van der Waals surface area contributed by atoms with Crippen LogP contribution in [0.4, 0.5) is 0 Å². The summed E-state index contributed by atoms with van der Waals surface area (Å²) in [7, 11) is 1.23. The summed E-state index contributed by atoms with van der Waals surface area (Å²) in [4.78, 5) is 34.4. The lowest BCUT2D eigenvalue weighted by molar-refractivity contribution is -0.141. The molecule has 1 fully saturated rings. The molecule has 1 saturated heterocycles. The largest absolute Gasteiger partial charge is 0.481 e. The van der Waals surface area contributed by atoms with Gasteiger partial charge in [-0.25, -0.2) is 4.79 Å². The van der Waals surface area contributed by atoms with Crippen LogP contribution in [-0.2, 0) is 19.1 Å². The number of aliphatic carboxylic acids is 1. The Morgan fingerprint density at radius 1 is 1.56 bits per heavy atom. The maximum absolute atomic E-state index is 11.5. The van der Waals surface area contributed by atoms with Crippen LogP contribution in [-0.4, -0.2) is 41.5 Å². The number of carbonyl (C=O) groups is 3. The van der Waals surface area contributed by atoms with Gasteiger partial charge in [0.25, 0.3) is 0 Å². The minimum atomic E-state index is -0.998. The molecule has 1 N–H and O–H groups in total. The van der Waals surface area contributed by atoms with Crippen molar-refractivity contribution >= 4 is 17.8 Å². The molecule has 88 valence electrons. The first-order valence-electron chi connectivity index (χ1n) is 4.75. The Morgan fingerprint density at radius 3 is 2.62 bits per heavy atom. The number of carbonyl (C=O) groups excluding carboxylic acids is 2. The molecule has 0 spiro atoms. The van der Waals surface area contributed by atoms with E-state index in [2.05, 4.69) is 4.74 Å². The average Bonchev–Trinajstić information content (AvgIpc) is 2.60. The fourth-order valence-electron chi connectivity index (χ4n) is 1.52. The maximum atomic E-state index is 11.5. The van der Waals surface area contributed by atoms with E-state index in [0.29, 0.717) is 5.70 Å². The zero-order valence-corrected chi connectivity index (χ0v) is 9.10. The zero-order valence-electron chi connectivity index (χ0n) is 9.10. The Hall–Kier alpha value is -1.85. The highest BCUT2D eigenvalue weighted by molar-refractivity contribution is 5.89. The number of hydrogen-bond donors (Lipinski definition) is 1. The Bertz CT molecular complexity index is 360. The van der Waals surface area contributed by atoms with Crippen LogP contribution in [0.25, 0.3) is 0 Å². The molecule has 1 heterocycles. The molecular weight excluding hydrogens is 214 g/mol. The zero-order chi connectivity index (χ0) is 12.3. The summed E-state index contributed by atoms with van der Waals surface area (Å²) in [6, 6.07) is 0. The number of ether oxygens (including phenoxy) is 1. The lowest BCUT2D eigenvalue weighted by Gasteiger charge is -2.15. The highest BCUT2D eigenvalue weighted by Crippen LogP contribution is 2.21. The highest BCUT2D eigenvalue weighted by atomic mass is 16.5. The fraction of sp³-hybridized carbons (Fsp3) is 0.500. The lowest BCUT2D eigenvalue weighted by atomic mass is 10.1. The number of esters is 1. The van der Waals surface area contributed by atoms with Gasteiger partial charge in [0, 0.05) is 24.7 Å². The van der Waals surface area contributed by atoms with Crippen LogP contribution in [0, 0.1) is 5.92 Å². The molecule has 0 aromatic carbocycles. The Morgan fingerprint density at radius 2 is 2.19 bits per heavy atom. The van der Waals surface area contributed by atoms with Crippen molar-refractivity contribution in [2.45, 2.75) is 13.3 Å². The molecule has 0 saturated carbocycles. The van der Waals surface area contributed by atoms with Crippen LogP contribution >= 0.6 is 0 Å². The van der Waals surface area contributed by atoms with Gasteiger partial charge in [0.15, 0.2) is 0 Å². The number of likely N-dealkylation sites (tertiary alicyclic amines) is 1. The van der Waals surface area contributed by atoms with E-state index in [1.54, 1.807) is 6.92 Å². The van der Waals surface area contributed by atoms with Crippen molar-refractivity contribution < 1.29 is 24.2 Å². The number of carboxylic acids is 1. The van der Waals surface area contributed by atoms with Crippen molar-refractivity contribution in [2.24, 2.45) is 5.92 Å². The van der Waals surface area contributed by atoms with E-state index in [1.165, 1.54) is 18.1 Å². The molecule has 0 aliphatic carbocycles. The number of rotatable bonds is 3. The number of allylic oxidation sites excluding steroid dienone is 1. The van der Waals surface area contributed by atoms with Crippen LogP contribution in [0.1, 0.15) is 13.3 Å². The van der Waals surface area contributed by atoms with E-state index in [4.69, 9.17) is 5.11 Å². The number of amides is 1. The summed E-state index contributed by atoms with van der Waals surface area (Å²) >= 11 is 0. The second-order valence-corrected chi connectivity index (χ2v) is 3.55. The third-order valence-electron chi connectivity index (χ3n) is 2.43. The minimum Gasteiger partial charge on any atom is -0.481 e. The molecule has 6 heteroatoms. The van der Waals surface area contributed by atoms with Crippen LogP contribution < -0.4 is 0 Å². The van der Waals surface area contributed by atoms with Gasteiger partial charge in [-0.2, -0.15) is 0 Å². The first kappa shape index (κ1) is 12.2. The van der Waals surface area contributed by atoms with Crippen molar-refractivity contribution in [1.82, 2.24) is 4.90 Å². The van der Waals surface area contributed by atoms with Gasteiger partial charge in [0.1, 0.15) is 0 Å². The standard InChI is InChI=1S/C10H13NO5/c1-6(3-9(13)16-2)11-5-7(10(14)15)4-8(11)12/h3,7H,4-5H2,1-2H3,(H,14,15). The first-order chi connectivity index (χ1) is 7.45. The summed E-state index contributed by atoms with van der Waals surface area (Å²) in [5, 5.41) is 8.77. The molecular formula is C10H13NO5. The van der Waals surface area contributed by atoms with Gasteiger partial charge in [-0.15, -0.1) is 0 Å². The molecule has 1 atom stereocenters. The molecule has 6 nitrogen and oxygen atoms in total. The predicted octanol–water partition coefficient (Wildman–Crippen LogP) is -0.00370. The summed E-state index contributed by atoms with van der Waals surface area (Å²) in [6.45, 7) is 1.67. The van der Waals surface area contributed by atoms with Crippen molar-refractivity contribution in [3.8, 4) is 0 Å². The van der Waals surface area contributed by atoms with Gasteiger partial charge in [-0.05, 0) is 6.92 Å². The van der Waals surface area contributed by atoms with Gasteiger partial charge in [0.05, 0.1) is 13.0 Å². The smallest absolute Gasteiger partial charge is 0.332 e. The van der Waals surface area contributed by atoms with E-state index in [1.807, 2.05) is 0 Å². The monoisotopic (exact) mass is 227 g/mol. The topological polar surface area (TPSA) is 83.9 Å². The third-order valence-corrected chi connectivity index (χ3v) is 2.43. The molecule has 1 aliphatic rings. The van der Waals surface area contributed by atoms with E-state index in [0.717, 1.165) is 0 Å². The van der Waals surface area contributed by atoms with Crippen LogP contribution in [0.2, 0.25) is 0 Å². The number of methoxy groups -OCH3 is 1. The molecule has 1 aliphatic heterocycles. The molecule has 0 aromatic rings. The molecule has 0 aromatic heterocycles. The quantitative estimate of drug-likeness (QED) is 0.541. The number of nitrogens with zero attached hydrogens (tertiary/aromatic N) is 1. The summed E-state index contributed by atoms with van der Waals surface area (Å²) in [5.74, 6) is -2.55. The van der Waals surface area contributed by atoms with Gasteiger partial charge in [-0.3, -0.25) is 9.59 Å². The van der Waals surface area contributed by atoms with Crippen molar-refractivity contribution in [2.75, 3.05) is 13.7 Å². The van der Waals surface area contributed by atoms with Gasteiger partial charge < -0.3 is 14.7 Å². The summed E-state index contributed by atoms with van der Waals surface area (Å²) < 4.78 is 4.42. The second kappa shape index (κ2) is 4.78. The average molecular weight is 227 g/mol. The van der Waals surface area contributed by atoms with Crippen molar-refractivity contribution in [3.63, 3.8) is 0 Å². The molecule has 16 heavy (non-hydrogen) atoms. The van der Waals surface area contributed by atoms with Crippen molar-refractivity contribution in [1.29, 1.82) is 0 Å². The van der Waals surface area contributed by atoms with Gasteiger partial charge in [-0.1, -0.05) is 0 Å². The number of carboxylic acid groups (broad SMARTS) is 1. The van der Waals surface area contributed by atoms with Crippen LogP contribution in [0.3, 0.4) is 0 Å². The summed E-state index contributed by atoms with van der Waals surface area (Å²) in [5.41, 5.74) is 0.403. The first-order valence-corrected chi connectivity index (χ1v) is 4.75. The Labute approximate surface area is 92.5 Å². The van der Waals surface area contributed by atoms with E-state index in [-0.39, 0.29) is 18.9 Å². The lowest BCUT2D eigenvalue weighted by Crippen LogP contribution is -2.25. The van der Waals surface area contributed by atoms with Crippen LogP contribution in [0.15, 0.2) is 11.8 Å². The van der Waals surface area contributed by atoms with Crippen LogP contribution in [0.5, 0.6) is 0 Å². The van der Waals surface area contributed by atoms with Crippen molar-refractivity contribution in [3.05, 3.63) is 11.8 Å². The Balaban J connectivity index is 2.75. The van der Waals surface area contributed by atoms with E-state index < -0.39 is 17.9 Å². The third kappa shape index (κ3) is 2.59. The Kier molecular flexibility index (Phi) is 3.65. The SMILES string of the molecule is COC(=O)C=C(C)N1CC(C(=O)O)CC1=O. The second-order valence-electron chi connectivity index (χ2n) is 3.55. The molecule has 1 amide bonds. The minimum absolute atomic E-state index is 0.0261. The fourth-order valence-corrected chi connectivity index (χ4v) is 1.52. The molecule has 0 radical (unpaired) electrons. The summed E-state index contributed by atoms with van der Waals surface area (Å²) in [6.07, 6.45) is 1.14.